The number of hydrogen-bond donors (Lipinski definition) is 0. The number of carbonyl (C=O) groups excluding carboxylic acids is 1. The fourth-order valence-corrected chi connectivity index (χ4v) is 2.91. The Hall–Kier alpha value is -2.35. The number of rotatable bonds is 3. The van der Waals surface area contributed by atoms with Crippen molar-refractivity contribution in [3.63, 3.8) is 0 Å². The lowest BCUT2D eigenvalue weighted by Crippen LogP contribution is -2.49. The number of hydrogen-bond acceptors (Lipinski definition) is 7. The molecule has 3 heterocycles. The van der Waals surface area contributed by atoms with Gasteiger partial charge in [-0.15, -0.1) is 0 Å². The molecule has 24 heavy (non-hydrogen) atoms. The van der Waals surface area contributed by atoms with Crippen LogP contribution in [0.5, 0.6) is 0 Å². The summed E-state index contributed by atoms with van der Waals surface area (Å²) >= 11 is 0. The molecule has 1 amide bonds. The summed E-state index contributed by atoms with van der Waals surface area (Å²) in [5.41, 5.74) is 1.34. The third-order valence-corrected chi connectivity index (χ3v) is 4.28. The van der Waals surface area contributed by atoms with E-state index in [4.69, 9.17) is 4.52 Å². The molecule has 3 rings (SSSR count). The largest absolute Gasteiger partial charge is 0.338 e. The number of amides is 1. The van der Waals surface area contributed by atoms with Gasteiger partial charge in [-0.2, -0.15) is 4.98 Å². The van der Waals surface area contributed by atoms with Gasteiger partial charge in [0.25, 0.3) is 5.91 Å². The first kappa shape index (κ1) is 16.5. The molecule has 0 unspecified atom stereocenters. The predicted octanol–water partition coefficient (Wildman–Crippen LogP) is 1.42. The highest BCUT2D eigenvalue weighted by molar-refractivity contribution is 5.95. The van der Waals surface area contributed by atoms with Crippen LogP contribution >= 0.6 is 0 Å². The summed E-state index contributed by atoms with van der Waals surface area (Å²) in [7, 11) is 2.00. The minimum Gasteiger partial charge on any atom is -0.338 e. The van der Waals surface area contributed by atoms with Gasteiger partial charge in [0.15, 0.2) is 5.82 Å². The zero-order valence-electron chi connectivity index (χ0n) is 14.4. The zero-order chi connectivity index (χ0) is 17.3. The third-order valence-electron chi connectivity index (χ3n) is 4.28. The molecular weight excluding hydrogens is 308 g/mol. The van der Waals surface area contributed by atoms with Crippen molar-refractivity contribution in [2.24, 2.45) is 0 Å². The highest BCUT2D eigenvalue weighted by Gasteiger charge is 2.33. The van der Waals surface area contributed by atoms with Crippen molar-refractivity contribution in [3.8, 4) is 0 Å². The molecular formula is C16H22N6O2. The average Bonchev–Trinajstić information content (AvgIpc) is 3.01. The van der Waals surface area contributed by atoms with Crippen LogP contribution in [0.1, 0.15) is 53.6 Å². The first-order valence-corrected chi connectivity index (χ1v) is 8.07. The fourth-order valence-electron chi connectivity index (χ4n) is 2.91. The van der Waals surface area contributed by atoms with Crippen molar-refractivity contribution in [2.45, 2.75) is 32.7 Å². The van der Waals surface area contributed by atoms with E-state index in [-0.39, 0.29) is 17.9 Å². The van der Waals surface area contributed by atoms with Crippen molar-refractivity contribution in [2.75, 3.05) is 26.7 Å². The zero-order valence-corrected chi connectivity index (χ0v) is 14.4. The minimum atomic E-state index is -0.101. The van der Waals surface area contributed by atoms with Gasteiger partial charge in [0.1, 0.15) is 12.4 Å². The SMILES string of the molecule is Cc1noc([C@@H]2CN(C(=O)c3cncnc3C(C)C)CCN2C)n1. The van der Waals surface area contributed by atoms with Gasteiger partial charge in [-0.1, -0.05) is 19.0 Å². The van der Waals surface area contributed by atoms with Gasteiger partial charge >= 0.3 is 0 Å². The van der Waals surface area contributed by atoms with Gasteiger partial charge in [-0.25, -0.2) is 9.97 Å². The Kier molecular flexibility index (Phi) is 4.57. The molecule has 0 radical (unpaired) electrons. The molecule has 1 aliphatic heterocycles. The highest BCUT2D eigenvalue weighted by Crippen LogP contribution is 2.25. The number of likely N-dealkylation sites (N-methyl/N-ethyl adjacent to an activating group) is 1. The molecule has 0 spiro atoms. The summed E-state index contributed by atoms with van der Waals surface area (Å²) in [5, 5.41) is 3.86. The monoisotopic (exact) mass is 330 g/mol. The first-order chi connectivity index (χ1) is 11.5. The molecule has 8 nitrogen and oxygen atoms in total. The summed E-state index contributed by atoms with van der Waals surface area (Å²) in [6.07, 6.45) is 3.09. The topological polar surface area (TPSA) is 88.2 Å². The highest BCUT2D eigenvalue weighted by atomic mass is 16.5. The lowest BCUT2D eigenvalue weighted by molar-refractivity contribution is 0.0486. The van der Waals surface area contributed by atoms with Crippen LogP contribution in [0.4, 0.5) is 0 Å². The predicted molar refractivity (Wildman–Crippen MR) is 86.4 cm³/mol. The Labute approximate surface area is 140 Å². The van der Waals surface area contributed by atoms with Crippen LogP contribution in [0.15, 0.2) is 17.0 Å². The van der Waals surface area contributed by atoms with Crippen LogP contribution in [0.25, 0.3) is 0 Å². The second kappa shape index (κ2) is 6.64. The van der Waals surface area contributed by atoms with E-state index in [0.29, 0.717) is 30.4 Å². The molecule has 0 aromatic carbocycles. The standard InChI is InChI=1S/C16H22N6O2/c1-10(2)14-12(7-17-9-18-14)16(23)22-6-5-21(4)13(8-22)15-19-11(3)20-24-15/h7,9-10,13H,5-6,8H2,1-4H3/t13-/m0/s1. The maximum absolute atomic E-state index is 13.0. The molecule has 128 valence electrons. The van der Waals surface area contributed by atoms with Crippen LogP contribution in [-0.2, 0) is 0 Å². The molecule has 1 fully saturated rings. The lowest BCUT2D eigenvalue weighted by Gasteiger charge is -2.37. The molecule has 0 N–H and O–H groups in total. The normalized spacial score (nSPS) is 19.0. The van der Waals surface area contributed by atoms with Crippen molar-refractivity contribution in [1.82, 2.24) is 29.9 Å². The first-order valence-electron chi connectivity index (χ1n) is 8.07. The molecule has 0 saturated carbocycles. The van der Waals surface area contributed by atoms with Crippen LogP contribution in [0.2, 0.25) is 0 Å². The van der Waals surface area contributed by atoms with Gasteiger partial charge in [0.05, 0.1) is 11.3 Å². The third kappa shape index (κ3) is 3.14. The molecule has 0 aliphatic carbocycles. The number of piperazine rings is 1. The van der Waals surface area contributed by atoms with E-state index in [1.807, 2.05) is 25.8 Å². The van der Waals surface area contributed by atoms with E-state index in [2.05, 4.69) is 25.0 Å². The van der Waals surface area contributed by atoms with E-state index in [9.17, 15) is 4.79 Å². The Morgan fingerprint density at radius 1 is 1.38 bits per heavy atom. The number of aryl methyl sites for hydroxylation is 1. The van der Waals surface area contributed by atoms with Crippen molar-refractivity contribution >= 4 is 5.91 Å². The van der Waals surface area contributed by atoms with Gasteiger partial charge in [-0.3, -0.25) is 9.69 Å². The maximum atomic E-state index is 13.0. The van der Waals surface area contributed by atoms with Crippen LogP contribution in [0, 0.1) is 6.92 Å². The van der Waals surface area contributed by atoms with E-state index in [1.165, 1.54) is 6.33 Å². The smallest absolute Gasteiger partial charge is 0.257 e. The fraction of sp³-hybridized carbons (Fsp3) is 0.562. The summed E-state index contributed by atoms with van der Waals surface area (Å²) in [5.74, 6) is 1.25. The van der Waals surface area contributed by atoms with Crippen LogP contribution < -0.4 is 0 Å². The van der Waals surface area contributed by atoms with Gasteiger partial charge < -0.3 is 9.42 Å². The van der Waals surface area contributed by atoms with Gasteiger partial charge in [0.2, 0.25) is 5.89 Å². The number of carbonyl (C=O) groups is 1. The molecule has 0 bridgehead atoms. The minimum absolute atomic E-state index is 0.0476. The Morgan fingerprint density at radius 2 is 2.17 bits per heavy atom. The summed E-state index contributed by atoms with van der Waals surface area (Å²) in [6, 6.07) is -0.101. The van der Waals surface area contributed by atoms with Crippen LogP contribution in [-0.4, -0.2) is 62.5 Å². The lowest BCUT2D eigenvalue weighted by atomic mass is 10.0. The molecule has 1 aliphatic rings. The van der Waals surface area contributed by atoms with E-state index < -0.39 is 0 Å². The van der Waals surface area contributed by atoms with Crippen molar-refractivity contribution in [3.05, 3.63) is 35.5 Å². The van der Waals surface area contributed by atoms with E-state index >= 15 is 0 Å². The van der Waals surface area contributed by atoms with Crippen LogP contribution in [0.3, 0.4) is 0 Å². The van der Waals surface area contributed by atoms with Crippen molar-refractivity contribution in [1.29, 1.82) is 0 Å². The van der Waals surface area contributed by atoms with E-state index in [1.54, 1.807) is 13.1 Å². The summed E-state index contributed by atoms with van der Waals surface area (Å²) < 4.78 is 5.30. The molecule has 8 heteroatoms. The second-order valence-corrected chi connectivity index (χ2v) is 6.40. The molecule has 2 aromatic rings. The van der Waals surface area contributed by atoms with Gasteiger partial charge in [-0.05, 0) is 19.9 Å². The Morgan fingerprint density at radius 3 is 2.83 bits per heavy atom. The summed E-state index contributed by atoms with van der Waals surface area (Å²) in [6.45, 7) is 7.71. The second-order valence-electron chi connectivity index (χ2n) is 6.40. The number of aromatic nitrogens is 4. The van der Waals surface area contributed by atoms with Gasteiger partial charge in [0, 0.05) is 25.8 Å². The average molecular weight is 330 g/mol. The van der Waals surface area contributed by atoms with E-state index in [0.717, 1.165) is 12.2 Å². The maximum Gasteiger partial charge on any atom is 0.257 e. The molecule has 1 saturated heterocycles. The summed E-state index contributed by atoms with van der Waals surface area (Å²) in [4.78, 5) is 29.5. The Balaban J connectivity index is 1.83. The number of nitrogens with zero attached hydrogens (tertiary/aromatic N) is 6. The van der Waals surface area contributed by atoms with Crippen molar-refractivity contribution < 1.29 is 9.32 Å². The molecule has 1 atom stereocenters. The quantitative estimate of drug-likeness (QED) is 0.841. The molecule has 2 aromatic heterocycles. The Bertz CT molecular complexity index is 729.